The fourth-order valence-electron chi connectivity index (χ4n) is 3.30. The maximum Gasteiger partial charge on any atom is 0.321 e. The van der Waals surface area contributed by atoms with Crippen molar-refractivity contribution in [1.29, 1.82) is 0 Å². The van der Waals surface area contributed by atoms with Crippen LogP contribution in [0, 0.1) is 0 Å². The lowest BCUT2D eigenvalue weighted by atomic mass is 10.0. The van der Waals surface area contributed by atoms with E-state index in [9.17, 15) is 9.59 Å². The van der Waals surface area contributed by atoms with Gasteiger partial charge >= 0.3 is 6.03 Å². The minimum Gasteiger partial charge on any atom is -0.497 e. The lowest BCUT2D eigenvalue weighted by Crippen LogP contribution is -2.42. The molecule has 0 fully saturated rings. The normalized spacial score (nSPS) is 11.8. The van der Waals surface area contributed by atoms with Crippen LogP contribution in [-0.4, -0.2) is 45.6 Å². The summed E-state index contributed by atoms with van der Waals surface area (Å²) in [5.41, 5.74) is 2.95. The lowest BCUT2D eigenvalue weighted by molar-refractivity contribution is -0.119. The van der Waals surface area contributed by atoms with Gasteiger partial charge in [-0.15, -0.1) is 10.2 Å². The van der Waals surface area contributed by atoms with Gasteiger partial charge in [-0.2, -0.15) is 0 Å². The Morgan fingerprint density at radius 1 is 1.06 bits per heavy atom. The second kappa shape index (κ2) is 11.0. The van der Waals surface area contributed by atoms with E-state index in [1.165, 1.54) is 11.8 Å². The summed E-state index contributed by atoms with van der Waals surface area (Å²) in [4.78, 5) is 24.3. The van der Waals surface area contributed by atoms with Crippen molar-refractivity contribution < 1.29 is 14.3 Å². The molecule has 1 heterocycles. The molecule has 33 heavy (non-hydrogen) atoms. The third-order valence-corrected chi connectivity index (χ3v) is 6.05. The van der Waals surface area contributed by atoms with Crippen LogP contribution in [0.2, 0.25) is 0 Å². The number of imide groups is 1. The summed E-state index contributed by atoms with van der Waals surface area (Å²) in [5, 5.41) is 13.8. The number of benzene rings is 2. The predicted octanol–water partition coefficient (Wildman–Crippen LogP) is 4.39. The molecule has 0 saturated heterocycles. The van der Waals surface area contributed by atoms with E-state index in [4.69, 9.17) is 4.74 Å². The molecule has 0 aliphatic rings. The summed E-state index contributed by atoms with van der Waals surface area (Å²) in [7, 11) is 1.62. The van der Waals surface area contributed by atoms with Gasteiger partial charge in [-0.3, -0.25) is 14.7 Å². The average Bonchev–Trinajstić information content (AvgIpc) is 3.22. The van der Waals surface area contributed by atoms with Crippen LogP contribution in [-0.2, 0) is 4.79 Å². The molecule has 0 radical (unpaired) electrons. The Morgan fingerprint density at radius 3 is 2.39 bits per heavy atom. The highest BCUT2D eigenvalue weighted by Crippen LogP contribution is 2.34. The van der Waals surface area contributed by atoms with E-state index in [0.717, 1.165) is 22.6 Å². The number of thioether (sulfide) groups is 1. The molecule has 0 bridgehead atoms. The van der Waals surface area contributed by atoms with Crippen LogP contribution in [0.5, 0.6) is 5.75 Å². The zero-order chi connectivity index (χ0) is 24.0. The first-order valence-corrected chi connectivity index (χ1v) is 11.7. The number of carbonyl (C=O) groups is 2. The number of carbonyl (C=O) groups excluding carboxylic acids is 2. The van der Waals surface area contributed by atoms with E-state index < -0.39 is 17.2 Å². The molecule has 1 atom stereocenters. The summed E-state index contributed by atoms with van der Waals surface area (Å²) >= 11 is 1.25. The summed E-state index contributed by atoms with van der Waals surface area (Å²) in [6.45, 7) is 8.22. The van der Waals surface area contributed by atoms with E-state index in [0.29, 0.717) is 17.5 Å². The molecule has 3 amide bonds. The molecular formula is C24H29N5O3S. The van der Waals surface area contributed by atoms with E-state index in [1.807, 2.05) is 47.0 Å². The van der Waals surface area contributed by atoms with Gasteiger partial charge in [0.2, 0.25) is 5.91 Å². The van der Waals surface area contributed by atoms with Crippen molar-refractivity contribution >= 4 is 23.7 Å². The smallest absolute Gasteiger partial charge is 0.321 e. The summed E-state index contributed by atoms with van der Waals surface area (Å²) in [5.74, 6) is 1.27. The maximum absolute atomic E-state index is 12.5. The Bertz CT molecular complexity index is 1110. The molecule has 3 aromatic rings. The molecule has 2 N–H and O–H groups in total. The van der Waals surface area contributed by atoms with Crippen LogP contribution in [0.3, 0.4) is 0 Å². The first-order valence-electron chi connectivity index (χ1n) is 10.8. The molecule has 1 aromatic heterocycles. The van der Waals surface area contributed by atoms with Gasteiger partial charge in [0.1, 0.15) is 5.75 Å². The van der Waals surface area contributed by atoms with Crippen LogP contribution in [0.4, 0.5) is 4.79 Å². The number of urea groups is 1. The van der Waals surface area contributed by atoms with Crippen LogP contribution < -0.4 is 15.4 Å². The molecule has 2 aromatic carbocycles. The number of rotatable bonds is 8. The molecule has 3 rings (SSSR count). The lowest BCUT2D eigenvalue weighted by Gasteiger charge is -2.18. The fraction of sp³-hybridized carbons (Fsp3) is 0.333. The highest BCUT2D eigenvalue weighted by Gasteiger charge is 2.24. The van der Waals surface area contributed by atoms with Crippen LogP contribution in [0.25, 0.3) is 17.1 Å². The summed E-state index contributed by atoms with van der Waals surface area (Å²) in [6, 6.07) is 15.2. The number of methoxy groups -OCH3 is 1. The van der Waals surface area contributed by atoms with Crippen molar-refractivity contribution in [1.82, 2.24) is 25.4 Å². The zero-order valence-corrected chi connectivity index (χ0v) is 20.3. The van der Waals surface area contributed by atoms with Crippen molar-refractivity contribution in [3.63, 3.8) is 0 Å². The van der Waals surface area contributed by atoms with E-state index in [1.54, 1.807) is 21.0 Å². The van der Waals surface area contributed by atoms with Crippen LogP contribution >= 0.6 is 11.8 Å². The quantitative estimate of drug-likeness (QED) is 0.477. The van der Waals surface area contributed by atoms with E-state index >= 15 is 0 Å². The summed E-state index contributed by atoms with van der Waals surface area (Å²) in [6.07, 6.45) is 0. The number of para-hydroxylation sites is 1. The van der Waals surface area contributed by atoms with Crippen LogP contribution in [0.1, 0.15) is 39.2 Å². The SMILES string of the molecule is CCNC(=O)NC(=O)C(C)Sc1nnc(-c2ccc(OC)cc2)n1-c1ccccc1C(C)C. The van der Waals surface area contributed by atoms with Crippen molar-refractivity contribution in [3.8, 4) is 22.8 Å². The van der Waals surface area contributed by atoms with Gasteiger partial charge in [0, 0.05) is 12.1 Å². The number of amides is 3. The minimum absolute atomic E-state index is 0.267. The van der Waals surface area contributed by atoms with Gasteiger partial charge in [-0.25, -0.2) is 4.79 Å². The summed E-state index contributed by atoms with van der Waals surface area (Å²) < 4.78 is 7.25. The minimum atomic E-state index is -0.564. The number of ether oxygens (including phenoxy) is 1. The predicted molar refractivity (Wildman–Crippen MR) is 130 cm³/mol. The molecule has 174 valence electrons. The Kier molecular flexibility index (Phi) is 8.11. The monoisotopic (exact) mass is 467 g/mol. The molecule has 0 aliphatic carbocycles. The van der Waals surface area contributed by atoms with Crippen LogP contribution in [0.15, 0.2) is 53.7 Å². The van der Waals surface area contributed by atoms with Crippen molar-refractivity contribution in [2.45, 2.75) is 44.0 Å². The van der Waals surface area contributed by atoms with Gasteiger partial charge in [-0.1, -0.05) is 43.8 Å². The van der Waals surface area contributed by atoms with Crippen molar-refractivity contribution in [2.24, 2.45) is 0 Å². The maximum atomic E-state index is 12.5. The fourth-order valence-corrected chi connectivity index (χ4v) is 4.16. The third-order valence-electron chi connectivity index (χ3n) is 5.01. The topological polar surface area (TPSA) is 98.1 Å². The molecule has 0 saturated carbocycles. The molecular weight excluding hydrogens is 438 g/mol. The number of aromatic nitrogens is 3. The number of hydrogen-bond donors (Lipinski definition) is 2. The Labute approximate surface area is 198 Å². The Hall–Kier alpha value is -3.33. The zero-order valence-electron chi connectivity index (χ0n) is 19.5. The first kappa shape index (κ1) is 24.3. The standard InChI is InChI=1S/C24H29N5O3S/c1-6-25-23(31)26-22(30)16(4)33-24-28-27-21(17-11-13-18(32-5)14-12-17)29(24)20-10-8-7-9-19(20)15(2)3/h7-16H,6H2,1-5H3,(H2,25,26,30,31). The van der Waals surface area contributed by atoms with Gasteiger partial charge in [-0.05, 0) is 55.7 Å². The third kappa shape index (κ3) is 5.73. The molecule has 0 spiro atoms. The number of nitrogens with one attached hydrogen (secondary N) is 2. The second-order valence-electron chi connectivity index (χ2n) is 7.69. The number of nitrogens with zero attached hydrogens (tertiary/aromatic N) is 3. The highest BCUT2D eigenvalue weighted by atomic mass is 32.2. The Morgan fingerprint density at radius 2 is 1.76 bits per heavy atom. The largest absolute Gasteiger partial charge is 0.497 e. The van der Waals surface area contributed by atoms with Gasteiger partial charge < -0.3 is 10.1 Å². The highest BCUT2D eigenvalue weighted by molar-refractivity contribution is 8.00. The molecule has 8 nitrogen and oxygen atoms in total. The molecule has 1 unspecified atom stereocenters. The molecule has 0 aliphatic heterocycles. The number of hydrogen-bond acceptors (Lipinski definition) is 6. The van der Waals surface area contributed by atoms with Gasteiger partial charge in [0.15, 0.2) is 11.0 Å². The van der Waals surface area contributed by atoms with Crippen molar-refractivity contribution in [2.75, 3.05) is 13.7 Å². The van der Waals surface area contributed by atoms with Gasteiger partial charge in [0.05, 0.1) is 18.0 Å². The molecule has 9 heteroatoms. The first-order chi connectivity index (χ1) is 15.8. The van der Waals surface area contributed by atoms with E-state index in [2.05, 4.69) is 40.7 Å². The van der Waals surface area contributed by atoms with Crippen molar-refractivity contribution in [3.05, 3.63) is 54.1 Å². The second-order valence-corrected chi connectivity index (χ2v) is 9.00. The average molecular weight is 468 g/mol. The Balaban J connectivity index is 2.03. The van der Waals surface area contributed by atoms with E-state index in [-0.39, 0.29) is 5.92 Å². The van der Waals surface area contributed by atoms with Gasteiger partial charge in [0.25, 0.3) is 0 Å².